The molecule has 6 nitrogen and oxygen atoms in total. The lowest BCUT2D eigenvalue weighted by atomic mass is 10.2. The molecule has 0 heterocycles. The van der Waals surface area contributed by atoms with Gasteiger partial charge in [-0.2, -0.15) is 0 Å². The Hall–Kier alpha value is -2.37. The summed E-state index contributed by atoms with van der Waals surface area (Å²) in [7, 11) is 1.25. The minimum absolute atomic E-state index is 0.204. The zero-order valence-corrected chi connectivity index (χ0v) is 11.8. The maximum Gasteiger partial charge on any atom is 0.339 e. The fraction of sp³-hybridized carbons (Fsp3) is 0.357. The highest BCUT2D eigenvalue weighted by atomic mass is 16.5. The summed E-state index contributed by atoms with van der Waals surface area (Å²) >= 11 is 0. The number of nitrogens with zero attached hydrogens (tertiary/aromatic N) is 1. The van der Waals surface area contributed by atoms with Crippen molar-refractivity contribution < 1.29 is 19.1 Å². The van der Waals surface area contributed by atoms with Crippen molar-refractivity contribution in [1.29, 1.82) is 0 Å². The Bertz CT molecular complexity index is 510. The van der Waals surface area contributed by atoms with E-state index >= 15 is 0 Å². The number of ether oxygens (including phenoxy) is 1. The second-order valence-corrected chi connectivity index (χ2v) is 3.97. The fourth-order valence-electron chi connectivity index (χ4n) is 1.71. The van der Waals surface area contributed by atoms with Crippen LogP contribution in [0.25, 0.3) is 0 Å². The Kier molecular flexibility index (Phi) is 5.71. The molecular formula is C14H18N2O4. The number of hydrogen-bond acceptors (Lipinski definition) is 4. The van der Waals surface area contributed by atoms with E-state index in [0.29, 0.717) is 13.1 Å². The van der Waals surface area contributed by atoms with Gasteiger partial charge in [0.25, 0.3) is 0 Å². The first-order valence-corrected chi connectivity index (χ1v) is 6.32. The van der Waals surface area contributed by atoms with Crippen LogP contribution < -0.4 is 5.32 Å². The third-order valence-electron chi connectivity index (χ3n) is 2.83. The van der Waals surface area contributed by atoms with Gasteiger partial charge in [-0.05, 0) is 26.0 Å². The Labute approximate surface area is 117 Å². The summed E-state index contributed by atoms with van der Waals surface area (Å²) in [5, 5.41) is 2.44. The van der Waals surface area contributed by atoms with E-state index in [-0.39, 0.29) is 11.3 Å². The van der Waals surface area contributed by atoms with E-state index < -0.39 is 17.8 Å². The van der Waals surface area contributed by atoms with E-state index in [0.717, 1.165) is 0 Å². The number of carbonyl (C=O) groups excluding carboxylic acids is 3. The van der Waals surface area contributed by atoms with Gasteiger partial charge in [-0.25, -0.2) is 4.79 Å². The van der Waals surface area contributed by atoms with E-state index in [1.807, 2.05) is 0 Å². The molecule has 1 aromatic rings. The standard InChI is InChI=1S/C14H18N2O4/c1-4-16(5-2)13(18)12(17)15-11-9-7-6-8-10(11)14(19)20-3/h6-9H,4-5H2,1-3H3,(H,15,17). The highest BCUT2D eigenvalue weighted by Gasteiger charge is 2.21. The zero-order valence-electron chi connectivity index (χ0n) is 11.8. The lowest BCUT2D eigenvalue weighted by molar-refractivity contribution is -0.142. The Morgan fingerprint density at radius 2 is 1.75 bits per heavy atom. The molecule has 0 aliphatic rings. The van der Waals surface area contributed by atoms with Crippen LogP contribution in [0.4, 0.5) is 5.69 Å². The second-order valence-electron chi connectivity index (χ2n) is 3.97. The summed E-state index contributed by atoms with van der Waals surface area (Å²) in [6.45, 7) is 4.47. The van der Waals surface area contributed by atoms with Crippen LogP contribution >= 0.6 is 0 Å². The number of rotatable bonds is 4. The number of methoxy groups -OCH3 is 1. The Balaban J connectivity index is 2.91. The van der Waals surface area contributed by atoms with E-state index in [2.05, 4.69) is 10.1 Å². The molecule has 1 aromatic carbocycles. The molecule has 6 heteroatoms. The van der Waals surface area contributed by atoms with Crippen molar-refractivity contribution in [3.8, 4) is 0 Å². The summed E-state index contributed by atoms with van der Waals surface area (Å²) in [5.74, 6) is -1.98. The van der Waals surface area contributed by atoms with Crippen molar-refractivity contribution in [2.45, 2.75) is 13.8 Å². The van der Waals surface area contributed by atoms with Crippen molar-refractivity contribution in [3.05, 3.63) is 29.8 Å². The Morgan fingerprint density at radius 1 is 1.15 bits per heavy atom. The summed E-state index contributed by atoms with van der Waals surface area (Å²) in [5.41, 5.74) is 0.459. The highest BCUT2D eigenvalue weighted by molar-refractivity contribution is 6.39. The molecule has 20 heavy (non-hydrogen) atoms. The van der Waals surface area contributed by atoms with Gasteiger partial charge < -0.3 is 15.0 Å². The van der Waals surface area contributed by atoms with Gasteiger partial charge >= 0.3 is 17.8 Å². The average molecular weight is 278 g/mol. The molecule has 0 saturated carbocycles. The van der Waals surface area contributed by atoms with E-state index in [9.17, 15) is 14.4 Å². The van der Waals surface area contributed by atoms with Crippen LogP contribution in [-0.2, 0) is 14.3 Å². The average Bonchev–Trinajstić information content (AvgIpc) is 2.48. The van der Waals surface area contributed by atoms with Gasteiger partial charge in [-0.3, -0.25) is 9.59 Å². The minimum atomic E-state index is -0.773. The van der Waals surface area contributed by atoms with E-state index in [1.165, 1.54) is 18.1 Å². The van der Waals surface area contributed by atoms with Crippen molar-refractivity contribution in [2.75, 3.05) is 25.5 Å². The fourth-order valence-corrected chi connectivity index (χ4v) is 1.71. The van der Waals surface area contributed by atoms with Crippen molar-refractivity contribution >= 4 is 23.5 Å². The molecule has 0 aromatic heterocycles. The van der Waals surface area contributed by atoms with Gasteiger partial charge in [-0.1, -0.05) is 12.1 Å². The lowest BCUT2D eigenvalue weighted by Gasteiger charge is -2.18. The second kappa shape index (κ2) is 7.28. The molecular weight excluding hydrogens is 260 g/mol. The predicted molar refractivity (Wildman–Crippen MR) is 74.3 cm³/mol. The third-order valence-corrected chi connectivity index (χ3v) is 2.83. The number of para-hydroxylation sites is 1. The van der Waals surface area contributed by atoms with Crippen molar-refractivity contribution in [1.82, 2.24) is 4.90 Å². The van der Waals surface area contributed by atoms with Gasteiger partial charge in [0.15, 0.2) is 0 Å². The highest BCUT2D eigenvalue weighted by Crippen LogP contribution is 2.16. The number of likely N-dealkylation sites (N-methyl/N-ethyl adjacent to an activating group) is 1. The molecule has 108 valence electrons. The number of nitrogens with one attached hydrogen (secondary N) is 1. The van der Waals surface area contributed by atoms with Crippen LogP contribution in [0.5, 0.6) is 0 Å². The number of amides is 2. The first-order chi connectivity index (χ1) is 9.54. The summed E-state index contributed by atoms with van der Waals surface area (Å²) in [6.07, 6.45) is 0. The summed E-state index contributed by atoms with van der Waals surface area (Å²) in [4.78, 5) is 36.7. The zero-order chi connectivity index (χ0) is 15.1. The quantitative estimate of drug-likeness (QED) is 0.665. The number of hydrogen-bond donors (Lipinski definition) is 1. The number of benzene rings is 1. The molecule has 1 rings (SSSR count). The smallest absolute Gasteiger partial charge is 0.339 e. The van der Waals surface area contributed by atoms with Gasteiger partial charge in [0.1, 0.15) is 0 Å². The van der Waals surface area contributed by atoms with Crippen LogP contribution in [0.1, 0.15) is 24.2 Å². The molecule has 0 radical (unpaired) electrons. The molecule has 0 aliphatic heterocycles. The van der Waals surface area contributed by atoms with Crippen molar-refractivity contribution in [2.24, 2.45) is 0 Å². The van der Waals surface area contributed by atoms with Crippen molar-refractivity contribution in [3.63, 3.8) is 0 Å². The topological polar surface area (TPSA) is 75.7 Å². The molecule has 0 saturated heterocycles. The van der Waals surface area contributed by atoms with E-state index in [4.69, 9.17) is 0 Å². The minimum Gasteiger partial charge on any atom is -0.465 e. The first-order valence-electron chi connectivity index (χ1n) is 6.32. The van der Waals surface area contributed by atoms with E-state index in [1.54, 1.807) is 32.0 Å². The third kappa shape index (κ3) is 3.57. The molecule has 1 N–H and O–H groups in total. The van der Waals surface area contributed by atoms with Crippen LogP contribution in [0.2, 0.25) is 0 Å². The number of anilines is 1. The van der Waals surface area contributed by atoms with Crippen LogP contribution in [0.15, 0.2) is 24.3 Å². The van der Waals surface area contributed by atoms with Crippen LogP contribution in [0.3, 0.4) is 0 Å². The maximum absolute atomic E-state index is 11.9. The van der Waals surface area contributed by atoms with Gasteiger partial charge in [0, 0.05) is 13.1 Å². The SMILES string of the molecule is CCN(CC)C(=O)C(=O)Nc1ccccc1C(=O)OC. The monoisotopic (exact) mass is 278 g/mol. The molecule has 0 aliphatic carbocycles. The van der Waals surface area contributed by atoms with Crippen LogP contribution in [-0.4, -0.2) is 42.9 Å². The largest absolute Gasteiger partial charge is 0.465 e. The van der Waals surface area contributed by atoms with Gasteiger partial charge in [0.2, 0.25) is 0 Å². The van der Waals surface area contributed by atoms with Crippen LogP contribution in [0, 0.1) is 0 Å². The molecule has 0 fully saturated rings. The summed E-state index contributed by atoms with van der Waals surface area (Å²) in [6, 6.07) is 6.36. The Morgan fingerprint density at radius 3 is 2.30 bits per heavy atom. The normalized spacial score (nSPS) is 9.75. The van der Waals surface area contributed by atoms with Gasteiger partial charge in [0.05, 0.1) is 18.4 Å². The van der Waals surface area contributed by atoms with Gasteiger partial charge in [-0.15, -0.1) is 0 Å². The number of esters is 1. The summed E-state index contributed by atoms with van der Waals surface area (Å²) < 4.78 is 4.62. The molecule has 0 atom stereocenters. The maximum atomic E-state index is 11.9. The first kappa shape index (κ1) is 15.7. The molecule has 2 amide bonds. The molecule has 0 bridgehead atoms. The lowest BCUT2D eigenvalue weighted by Crippen LogP contribution is -2.39. The number of carbonyl (C=O) groups is 3. The molecule has 0 unspecified atom stereocenters. The predicted octanol–water partition coefficient (Wildman–Crippen LogP) is 1.28. The molecule has 0 spiro atoms.